The number of piperidine rings is 1. The summed E-state index contributed by atoms with van der Waals surface area (Å²) in [5.74, 6) is 0.819. The van der Waals surface area contributed by atoms with Crippen molar-refractivity contribution < 1.29 is 17.9 Å². The molecule has 1 saturated heterocycles. The van der Waals surface area contributed by atoms with Crippen molar-refractivity contribution in [3.63, 3.8) is 0 Å². The van der Waals surface area contributed by atoms with E-state index < -0.39 is 10.2 Å². The van der Waals surface area contributed by atoms with Crippen LogP contribution in [0.2, 0.25) is 0 Å². The number of nitrogens with zero attached hydrogens (tertiary/aromatic N) is 1. The van der Waals surface area contributed by atoms with Crippen LogP contribution in [0.4, 0.5) is 4.79 Å². The van der Waals surface area contributed by atoms with Gasteiger partial charge in [0, 0.05) is 38.2 Å². The normalized spacial score (nSPS) is 21.3. The summed E-state index contributed by atoms with van der Waals surface area (Å²) in [5.41, 5.74) is 0.999. The van der Waals surface area contributed by atoms with Gasteiger partial charge in [-0.1, -0.05) is 18.2 Å². The predicted octanol–water partition coefficient (Wildman–Crippen LogP) is 0.738. The number of ether oxygens (including phenoxy) is 1. The number of amides is 2. The van der Waals surface area contributed by atoms with E-state index >= 15 is 0 Å². The smallest absolute Gasteiger partial charge is 0.317 e. The first-order valence-electron chi connectivity index (χ1n) is 8.46. The lowest BCUT2D eigenvalue weighted by atomic mass is 10.0. The van der Waals surface area contributed by atoms with Crippen LogP contribution >= 0.6 is 0 Å². The molecule has 3 rings (SSSR count). The molecule has 0 saturated carbocycles. The minimum Gasteiger partial charge on any atom is -0.493 e. The average molecular weight is 368 g/mol. The first-order chi connectivity index (χ1) is 12.0. The van der Waals surface area contributed by atoms with Gasteiger partial charge in [-0.05, 0) is 18.9 Å². The third-order valence-corrected chi connectivity index (χ3v) is 5.81. The van der Waals surface area contributed by atoms with Crippen molar-refractivity contribution in [1.29, 1.82) is 0 Å². The molecule has 1 fully saturated rings. The lowest BCUT2D eigenvalue weighted by Crippen LogP contribution is -2.51. The Balaban J connectivity index is 1.54. The van der Waals surface area contributed by atoms with E-state index in [1.807, 2.05) is 24.3 Å². The van der Waals surface area contributed by atoms with E-state index in [2.05, 4.69) is 14.8 Å². The van der Waals surface area contributed by atoms with Crippen LogP contribution in [0.1, 0.15) is 30.9 Å². The maximum Gasteiger partial charge on any atom is 0.317 e. The van der Waals surface area contributed by atoms with E-state index in [1.54, 1.807) is 4.90 Å². The maximum atomic E-state index is 12.5. The zero-order valence-electron chi connectivity index (χ0n) is 14.2. The number of hydrogen-bond acceptors (Lipinski definition) is 4. The zero-order valence-corrected chi connectivity index (χ0v) is 15.0. The van der Waals surface area contributed by atoms with Crippen LogP contribution in [0.3, 0.4) is 0 Å². The Morgan fingerprint density at radius 1 is 1.20 bits per heavy atom. The van der Waals surface area contributed by atoms with Crippen LogP contribution in [0, 0.1) is 0 Å². The van der Waals surface area contributed by atoms with Crippen LogP contribution < -0.4 is 19.5 Å². The van der Waals surface area contributed by atoms with Crippen LogP contribution in [0.5, 0.6) is 5.75 Å². The molecule has 1 aromatic carbocycles. The van der Waals surface area contributed by atoms with Crippen molar-refractivity contribution in [3.05, 3.63) is 29.8 Å². The quantitative estimate of drug-likeness (QED) is 0.730. The third kappa shape index (κ3) is 4.42. The van der Waals surface area contributed by atoms with Crippen LogP contribution in [0.15, 0.2) is 24.3 Å². The van der Waals surface area contributed by atoms with Crippen molar-refractivity contribution in [2.75, 3.05) is 26.7 Å². The van der Waals surface area contributed by atoms with Gasteiger partial charge in [0.05, 0.1) is 12.6 Å². The fourth-order valence-corrected chi connectivity index (χ4v) is 4.00. The van der Waals surface area contributed by atoms with Crippen molar-refractivity contribution >= 4 is 16.2 Å². The molecule has 1 aromatic rings. The van der Waals surface area contributed by atoms with Gasteiger partial charge in [0.2, 0.25) is 0 Å². The third-order valence-electron chi connectivity index (χ3n) is 4.63. The average Bonchev–Trinajstić information content (AvgIpc) is 2.62. The lowest BCUT2D eigenvalue weighted by molar-refractivity contribution is 0.170. The molecule has 2 heterocycles. The largest absolute Gasteiger partial charge is 0.493 e. The number of carbonyl (C=O) groups is 1. The van der Waals surface area contributed by atoms with Crippen molar-refractivity contribution in [2.45, 2.75) is 31.3 Å². The monoisotopic (exact) mass is 368 g/mol. The van der Waals surface area contributed by atoms with Crippen molar-refractivity contribution in [1.82, 2.24) is 19.7 Å². The lowest BCUT2D eigenvalue weighted by Gasteiger charge is -2.34. The number of nitrogens with one attached hydrogen (secondary N) is 3. The number of carbonyl (C=O) groups excluding carboxylic acids is 1. The molecular formula is C16H24N4O4S. The highest BCUT2D eigenvalue weighted by atomic mass is 32.2. The topological polar surface area (TPSA) is 99.8 Å². The second kappa shape index (κ2) is 7.59. The Kier molecular flexibility index (Phi) is 5.45. The Hall–Kier alpha value is -1.84. The fraction of sp³-hybridized carbons (Fsp3) is 0.562. The molecule has 0 spiro atoms. The van der Waals surface area contributed by atoms with E-state index in [0.717, 1.165) is 17.7 Å². The van der Waals surface area contributed by atoms with Crippen LogP contribution in [0.25, 0.3) is 0 Å². The molecule has 3 N–H and O–H groups in total. The number of fused-ring (bicyclic) bond motifs is 1. The van der Waals surface area contributed by atoms with Gasteiger partial charge in [-0.25, -0.2) is 9.52 Å². The zero-order chi connectivity index (χ0) is 17.9. The summed E-state index contributed by atoms with van der Waals surface area (Å²) < 4.78 is 33.5. The van der Waals surface area contributed by atoms with Gasteiger partial charge < -0.3 is 15.0 Å². The molecule has 0 bridgehead atoms. The number of para-hydroxylation sites is 1. The van der Waals surface area contributed by atoms with Gasteiger partial charge in [0.15, 0.2) is 0 Å². The Labute approximate surface area is 148 Å². The van der Waals surface area contributed by atoms with Gasteiger partial charge in [-0.3, -0.25) is 0 Å². The molecule has 0 unspecified atom stereocenters. The molecule has 8 nitrogen and oxygen atoms in total. The fourth-order valence-electron chi connectivity index (χ4n) is 3.21. The highest BCUT2D eigenvalue weighted by Gasteiger charge is 2.28. The van der Waals surface area contributed by atoms with E-state index in [1.165, 1.54) is 7.05 Å². The minimum absolute atomic E-state index is 0.0574. The summed E-state index contributed by atoms with van der Waals surface area (Å²) >= 11 is 0. The first-order valence-corrected chi connectivity index (χ1v) is 9.95. The number of urea groups is 1. The van der Waals surface area contributed by atoms with E-state index in [0.29, 0.717) is 32.5 Å². The van der Waals surface area contributed by atoms with Crippen molar-refractivity contribution in [3.8, 4) is 5.75 Å². The van der Waals surface area contributed by atoms with Gasteiger partial charge in [0.25, 0.3) is 10.2 Å². The van der Waals surface area contributed by atoms with Gasteiger partial charge in [-0.2, -0.15) is 13.1 Å². The Morgan fingerprint density at radius 2 is 1.92 bits per heavy atom. The Bertz CT molecular complexity index is 717. The highest BCUT2D eigenvalue weighted by molar-refractivity contribution is 7.87. The first kappa shape index (κ1) is 18.0. The second-order valence-corrected chi connectivity index (χ2v) is 7.91. The van der Waals surface area contributed by atoms with Crippen molar-refractivity contribution in [2.24, 2.45) is 0 Å². The molecule has 0 aromatic heterocycles. The predicted molar refractivity (Wildman–Crippen MR) is 93.5 cm³/mol. The maximum absolute atomic E-state index is 12.5. The standard InChI is InChI=1S/C16H24N4O4S/c1-17-25(22,23)19-12-6-9-20(10-7-12)16(21)18-14-8-11-24-15-5-3-2-4-13(14)15/h2-5,12,14,17,19H,6-11H2,1H3,(H,18,21)/t14-/m1/s1. The molecule has 1 atom stereocenters. The number of benzene rings is 1. The molecule has 138 valence electrons. The SMILES string of the molecule is CNS(=O)(=O)NC1CCN(C(=O)N[C@@H]2CCOc3ccccc32)CC1. The molecule has 9 heteroatoms. The van der Waals surface area contributed by atoms with Gasteiger partial charge in [0.1, 0.15) is 5.75 Å². The highest BCUT2D eigenvalue weighted by Crippen LogP contribution is 2.31. The second-order valence-electron chi connectivity index (χ2n) is 6.26. The summed E-state index contributed by atoms with van der Waals surface area (Å²) in [4.78, 5) is 14.3. The molecule has 2 aliphatic rings. The molecule has 25 heavy (non-hydrogen) atoms. The summed E-state index contributed by atoms with van der Waals surface area (Å²) in [7, 11) is -2.07. The number of rotatable bonds is 4. The van der Waals surface area contributed by atoms with Crippen LogP contribution in [-0.2, 0) is 10.2 Å². The minimum atomic E-state index is -3.45. The summed E-state index contributed by atoms with van der Waals surface area (Å²) in [6.07, 6.45) is 1.93. The van der Waals surface area contributed by atoms with Gasteiger partial charge in [-0.15, -0.1) is 0 Å². The van der Waals surface area contributed by atoms with Crippen LogP contribution in [-0.4, -0.2) is 52.1 Å². The molecule has 2 aliphatic heterocycles. The Morgan fingerprint density at radius 3 is 2.64 bits per heavy atom. The molecular weight excluding hydrogens is 344 g/mol. The van der Waals surface area contributed by atoms with E-state index in [9.17, 15) is 13.2 Å². The van der Waals surface area contributed by atoms with E-state index in [4.69, 9.17) is 4.74 Å². The number of hydrogen-bond donors (Lipinski definition) is 3. The summed E-state index contributed by atoms with van der Waals surface area (Å²) in [5, 5.41) is 3.08. The summed E-state index contributed by atoms with van der Waals surface area (Å²) in [6.45, 7) is 1.62. The molecule has 2 amide bonds. The van der Waals surface area contributed by atoms with Gasteiger partial charge >= 0.3 is 6.03 Å². The summed E-state index contributed by atoms with van der Waals surface area (Å²) in [6, 6.07) is 7.41. The number of likely N-dealkylation sites (tertiary alicyclic amines) is 1. The van der Waals surface area contributed by atoms with E-state index in [-0.39, 0.29) is 18.1 Å². The molecule has 0 aliphatic carbocycles. The molecule has 0 radical (unpaired) electrons.